The molecule has 4 aromatic carbocycles. The zero-order valence-corrected chi connectivity index (χ0v) is 34.2. The molecular weight excluding hydrogens is 705 g/mol. The molecule has 298 valence electrons. The summed E-state index contributed by atoms with van der Waals surface area (Å²) < 4.78 is 11.9. The van der Waals surface area contributed by atoms with E-state index in [1.165, 1.54) is 12.1 Å². The molecule has 4 aromatic rings. The van der Waals surface area contributed by atoms with Crippen LogP contribution in [0.2, 0.25) is 0 Å². The van der Waals surface area contributed by atoms with Gasteiger partial charge in [0.15, 0.2) is 0 Å². The first-order valence-electron chi connectivity index (χ1n) is 19.2. The number of aliphatic imine (C=N–C) groups is 2. The summed E-state index contributed by atoms with van der Waals surface area (Å²) in [6.07, 6.45) is 5.80. The molecule has 0 aliphatic rings. The second kappa shape index (κ2) is 19.8. The smallest absolute Gasteiger partial charge is 0.230 e. The Morgan fingerprint density at radius 1 is 0.607 bits per heavy atom. The molecule has 0 aliphatic carbocycles. The van der Waals surface area contributed by atoms with Crippen LogP contribution in [0.5, 0.6) is 23.0 Å². The Bertz CT molecular complexity index is 1890. The van der Waals surface area contributed by atoms with Gasteiger partial charge < -0.3 is 30.3 Å². The first kappa shape index (κ1) is 43.1. The van der Waals surface area contributed by atoms with Crippen LogP contribution in [0, 0.1) is 38.5 Å². The van der Waals surface area contributed by atoms with Crippen molar-refractivity contribution in [3.63, 3.8) is 0 Å². The monoisotopic (exact) mass is 762 g/mol. The highest BCUT2D eigenvalue weighted by atomic mass is 16.5. The van der Waals surface area contributed by atoms with Gasteiger partial charge in [-0.15, -0.1) is 0 Å². The third-order valence-electron chi connectivity index (χ3n) is 9.71. The third kappa shape index (κ3) is 13.0. The number of amides is 2. The van der Waals surface area contributed by atoms with Gasteiger partial charge in [0.25, 0.3) is 0 Å². The van der Waals surface area contributed by atoms with Gasteiger partial charge in [-0.2, -0.15) is 0 Å². The Labute approximate surface area is 332 Å². The van der Waals surface area contributed by atoms with Crippen LogP contribution in [-0.2, 0) is 9.59 Å². The van der Waals surface area contributed by atoms with Gasteiger partial charge in [-0.25, -0.2) is 0 Å². The van der Waals surface area contributed by atoms with Crippen molar-refractivity contribution >= 4 is 35.6 Å². The molecule has 0 bridgehead atoms. The van der Waals surface area contributed by atoms with Gasteiger partial charge in [0.1, 0.15) is 23.0 Å². The second-order valence-electron chi connectivity index (χ2n) is 15.7. The van der Waals surface area contributed by atoms with E-state index in [2.05, 4.69) is 32.8 Å². The molecule has 10 nitrogen and oxygen atoms in total. The van der Waals surface area contributed by atoms with E-state index >= 15 is 0 Å². The van der Waals surface area contributed by atoms with E-state index in [0.717, 1.165) is 46.6 Å². The predicted molar refractivity (Wildman–Crippen MR) is 227 cm³/mol. The Morgan fingerprint density at radius 3 is 1.39 bits per heavy atom. The molecule has 4 N–H and O–H groups in total. The molecule has 0 radical (unpaired) electrons. The number of rotatable bonds is 19. The molecule has 0 unspecified atom stereocenters. The third-order valence-corrected chi connectivity index (χ3v) is 9.71. The number of anilines is 2. The van der Waals surface area contributed by atoms with Gasteiger partial charge in [0.2, 0.25) is 11.8 Å². The molecule has 4 rings (SSSR count). The maximum Gasteiger partial charge on any atom is 0.230 e. The number of carbonyl (C=O) groups is 2. The highest BCUT2D eigenvalue weighted by Crippen LogP contribution is 2.29. The zero-order valence-electron chi connectivity index (χ0n) is 34.2. The van der Waals surface area contributed by atoms with E-state index in [0.29, 0.717) is 61.6 Å². The molecular formula is C46H58N4O6. The van der Waals surface area contributed by atoms with Crippen LogP contribution >= 0.6 is 0 Å². The number of phenols is 2. The summed E-state index contributed by atoms with van der Waals surface area (Å²) in [5.74, 6) is 1.56. The van der Waals surface area contributed by atoms with Crippen LogP contribution in [0.15, 0.2) is 82.8 Å². The van der Waals surface area contributed by atoms with Crippen molar-refractivity contribution in [3.05, 3.63) is 106 Å². The van der Waals surface area contributed by atoms with Crippen LogP contribution in [-0.4, -0.2) is 60.8 Å². The fourth-order valence-electron chi connectivity index (χ4n) is 5.86. The van der Waals surface area contributed by atoms with Gasteiger partial charge in [-0.05, 0) is 124 Å². The first-order chi connectivity index (χ1) is 26.5. The molecule has 0 saturated carbocycles. The van der Waals surface area contributed by atoms with Gasteiger partial charge in [0.05, 0.1) is 26.3 Å². The van der Waals surface area contributed by atoms with E-state index in [4.69, 9.17) is 9.47 Å². The van der Waals surface area contributed by atoms with Crippen molar-refractivity contribution in [2.24, 2.45) is 20.8 Å². The number of phenolic OH excluding ortho intramolecular Hbond substituents is 2. The Morgan fingerprint density at radius 2 is 1.00 bits per heavy atom. The largest absolute Gasteiger partial charge is 0.507 e. The number of aryl methyl sites for hydroxylation is 4. The predicted octanol–water partition coefficient (Wildman–Crippen LogP) is 9.52. The van der Waals surface area contributed by atoms with Crippen LogP contribution in [0.3, 0.4) is 0 Å². The normalized spacial score (nSPS) is 11.9. The summed E-state index contributed by atoms with van der Waals surface area (Å²) in [6, 6.07) is 22.0. The number of nitrogens with one attached hydrogen (secondary N) is 2. The summed E-state index contributed by atoms with van der Waals surface area (Å²) >= 11 is 0. The molecule has 0 aliphatic heterocycles. The summed E-state index contributed by atoms with van der Waals surface area (Å²) in [5, 5.41) is 26.8. The lowest BCUT2D eigenvalue weighted by atomic mass is 9.86. The van der Waals surface area contributed by atoms with Crippen molar-refractivity contribution in [1.29, 1.82) is 0 Å². The molecule has 0 fully saturated rings. The Hall–Kier alpha value is -5.64. The summed E-state index contributed by atoms with van der Waals surface area (Å²) in [7, 11) is 0. The average molecular weight is 763 g/mol. The standard InChI is InChI=1S/C46H58N4O6/c1-31-11-13-33(3)41(25-31)55-23-9-19-45(5,6)43(53)49-37-15-17-39(51)35(27-37)29-47-21-22-48-30-36-28-38(16-18-40(36)52)50-44(54)46(7,8)20-10-24-56-42-26-32(2)12-14-34(42)4/h11-18,25-30,51-52H,9-10,19-24H2,1-8H3,(H,49,53)(H,50,54)/b47-29+,48-30+. The van der Waals surface area contributed by atoms with Gasteiger partial charge >= 0.3 is 0 Å². The Balaban J connectivity index is 1.22. The second-order valence-corrected chi connectivity index (χ2v) is 15.7. The fraction of sp³-hybridized carbons (Fsp3) is 0.391. The van der Waals surface area contributed by atoms with E-state index in [1.54, 1.807) is 36.7 Å². The highest BCUT2D eigenvalue weighted by Gasteiger charge is 2.28. The summed E-state index contributed by atoms with van der Waals surface area (Å²) in [5.41, 5.74) is 5.21. The molecule has 0 spiro atoms. The minimum absolute atomic E-state index is 0.0377. The topological polar surface area (TPSA) is 142 Å². The quantitative estimate of drug-likeness (QED) is 0.0426. The number of hydrogen-bond donors (Lipinski definition) is 4. The van der Waals surface area contributed by atoms with Crippen molar-refractivity contribution < 1.29 is 29.3 Å². The summed E-state index contributed by atoms with van der Waals surface area (Å²) in [4.78, 5) is 35.2. The van der Waals surface area contributed by atoms with Gasteiger partial charge in [0, 0.05) is 45.8 Å². The maximum absolute atomic E-state index is 13.2. The molecule has 0 saturated heterocycles. The number of aromatic hydroxyl groups is 2. The SMILES string of the molecule is Cc1ccc(C)c(OCCCC(C)(C)C(=O)Nc2ccc(O)c(/C=N/CC/N=C/c3cc(NC(=O)C(C)(C)CCCOc4cc(C)ccc4C)ccc3O)c2)c1. The fourth-order valence-corrected chi connectivity index (χ4v) is 5.86. The lowest BCUT2D eigenvalue weighted by molar-refractivity contribution is -0.125. The highest BCUT2D eigenvalue weighted by molar-refractivity contribution is 5.97. The van der Waals surface area contributed by atoms with Crippen molar-refractivity contribution in [1.82, 2.24) is 0 Å². The van der Waals surface area contributed by atoms with Gasteiger partial charge in [-0.1, -0.05) is 52.0 Å². The number of carbonyl (C=O) groups excluding carboxylic acids is 2. The lowest BCUT2D eigenvalue weighted by Crippen LogP contribution is -2.31. The minimum atomic E-state index is -0.636. The molecule has 10 heteroatoms. The lowest BCUT2D eigenvalue weighted by Gasteiger charge is -2.24. The van der Waals surface area contributed by atoms with E-state index in [-0.39, 0.29) is 23.3 Å². The van der Waals surface area contributed by atoms with Crippen molar-refractivity contribution in [2.75, 3.05) is 36.9 Å². The molecule has 2 amide bonds. The van der Waals surface area contributed by atoms with Gasteiger partial charge in [-0.3, -0.25) is 19.6 Å². The van der Waals surface area contributed by atoms with Crippen LogP contribution < -0.4 is 20.1 Å². The van der Waals surface area contributed by atoms with Crippen LogP contribution in [0.1, 0.15) is 86.8 Å². The zero-order chi connectivity index (χ0) is 40.9. The minimum Gasteiger partial charge on any atom is -0.507 e. The molecule has 0 aromatic heterocycles. The number of hydrogen-bond acceptors (Lipinski definition) is 8. The van der Waals surface area contributed by atoms with Crippen molar-refractivity contribution in [3.8, 4) is 23.0 Å². The maximum atomic E-state index is 13.2. The first-order valence-corrected chi connectivity index (χ1v) is 19.2. The van der Waals surface area contributed by atoms with Crippen LogP contribution in [0.4, 0.5) is 11.4 Å². The number of nitrogens with zero attached hydrogens (tertiary/aromatic N) is 2. The van der Waals surface area contributed by atoms with E-state index in [9.17, 15) is 19.8 Å². The van der Waals surface area contributed by atoms with E-state index < -0.39 is 10.8 Å². The summed E-state index contributed by atoms with van der Waals surface area (Å²) in [6.45, 7) is 17.4. The molecule has 0 atom stereocenters. The average Bonchev–Trinajstić information content (AvgIpc) is 3.15. The van der Waals surface area contributed by atoms with Crippen molar-refractivity contribution in [2.45, 2.75) is 81.1 Å². The number of ether oxygens (including phenoxy) is 2. The molecule has 0 heterocycles. The van der Waals surface area contributed by atoms with Crippen LogP contribution in [0.25, 0.3) is 0 Å². The Kier molecular flexibility index (Phi) is 15.2. The number of benzene rings is 4. The van der Waals surface area contributed by atoms with E-state index in [1.807, 2.05) is 79.7 Å². The molecule has 56 heavy (non-hydrogen) atoms.